The van der Waals surface area contributed by atoms with E-state index in [0.29, 0.717) is 12.5 Å². The van der Waals surface area contributed by atoms with E-state index in [9.17, 15) is 9.59 Å². The topological polar surface area (TPSA) is 40.6 Å². The third-order valence-corrected chi connectivity index (χ3v) is 4.16. The van der Waals surface area contributed by atoms with Gasteiger partial charge in [-0.15, -0.1) is 0 Å². The van der Waals surface area contributed by atoms with Gasteiger partial charge < -0.3 is 4.90 Å². The van der Waals surface area contributed by atoms with Gasteiger partial charge in [-0.05, 0) is 37.3 Å². The second kappa shape index (κ2) is 4.37. The van der Waals surface area contributed by atoms with Crippen molar-refractivity contribution >= 4 is 17.6 Å². The maximum absolute atomic E-state index is 12.5. The number of carbonyl (C=O) groups is 2. The third kappa shape index (κ3) is 1.82. The minimum atomic E-state index is -0.254. The van der Waals surface area contributed by atoms with Gasteiger partial charge in [0.05, 0.1) is 5.69 Å². The van der Waals surface area contributed by atoms with E-state index in [1.54, 1.807) is 4.90 Å². The number of hydrogen-bond donors (Lipinski definition) is 0. The van der Waals surface area contributed by atoms with Crippen molar-refractivity contribution in [2.45, 2.75) is 32.7 Å². The monoisotopic (exact) mass is 258 g/mol. The first kappa shape index (κ1) is 12.2. The van der Waals surface area contributed by atoms with Gasteiger partial charge in [0.25, 0.3) is 5.91 Å². The van der Waals surface area contributed by atoms with E-state index in [0.717, 1.165) is 24.1 Å². The summed E-state index contributed by atoms with van der Waals surface area (Å²) in [7, 11) is 0. The zero-order valence-electron chi connectivity index (χ0n) is 11.3. The van der Waals surface area contributed by atoms with E-state index in [4.69, 9.17) is 0 Å². The number of imide groups is 1. The number of hydrogen-bond acceptors (Lipinski definition) is 2. The lowest BCUT2D eigenvalue weighted by Gasteiger charge is -2.30. The SMILES string of the molecule is Cc1ccccc1N1C(=O)[C@@H]2C[C@@H](C)CCN2C1=O. The molecule has 3 rings (SSSR count). The van der Waals surface area contributed by atoms with Crippen LogP contribution in [0.4, 0.5) is 10.5 Å². The molecule has 4 nitrogen and oxygen atoms in total. The molecule has 3 amide bonds. The molecule has 4 heteroatoms. The molecule has 2 aliphatic rings. The first-order valence-corrected chi connectivity index (χ1v) is 6.80. The Morgan fingerprint density at radius 1 is 1.21 bits per heavy atom. The average molecular weight is 258 g/mol. The Hall–Kier alpha value is -1.84. The molecule has 2 fully saturated rings. The van der Waals surface area contributed by atoms with E-state index in [1.165, 1.54) is 4.90 Å². The number of aryl methyl sites for hydroxylation is 1. The lowest BCUT2D eigenvalue weighted by atomic mass is 9.93. The van der Waals surface area contributed by atoms with Crippen molar-refractivity contribution in [3.63, 3.8) is 0 Å². The van der Waals surface area contributed by atoms with Gasteiger partial charge in [0, 0.05) is 6.54 Å². The minimum Gasteiger partial charge on any atom is -0.312 e. The highest BCUT2D eigenvalue weighted by Gasteiger charge is 2.48. The molecule has 0 N–H and O–H groups in total. The molecule has 0 saturated carbocycles. The Morgan fingerprint density at radius 3 is 2.68 bits per heavy atom. The molecular weight excluding hydrogens is 240 g/mol. The van der Waals surface area contributed by atoms with Gasteiger partial charge in [-0.1, -0.05) is 25.1 Å². The molecule has 100 valence electrons. The molecule has 0 radical (unpaired) electrons. The fourth-order valence-electron chi connectivity index (χ4n) is 3.01. The molecule has 2 heterocycles. The molecule has 19 heavy (non-hydrogen) atoms. The second-order valence-corrected chi connectivity index (χ2v) is 5.58. The molecule has 0 aliphatic carbocycles. The third-order valence-electron chi connectivity index (χ3n) is 4.16. The van der Waals surface area contributed by atoms with Crippen molar-refractivity contribution < 1.29 is 9.59 Å². The van der Waals surface area contributed by atoms with Gasteiger partial charge in [-0.3, -0.25) is 4.79 Å². The minimum absolute atomic E-state index is 0.0640. The number of carbonyl (C=O) groups excluding carboxylic acids is 2. The van der Waals surface area contributed by atoms with Gasteiger partial charge in [0.1, 0.15) is 6.04 Å². The number of urea groups is 1. The summed E-state index contributed by atoms with van der Waals surface area (Å²) in [6, 6.07) is 7.14. The van der Waals surface area contributed by atoms with Crippen molar-refractivity contribution in [1.82, 2.24) is 4.90 Å². The normalized spacial score (nSPS) is 26.8. The van der Waals surface area contributed by atoms with Gasteiger partial charge >= 0.3 is 6.03 Å². The molecule has 2 atom stereocenters. The maximum atomic E-state index is 12.5. The van der Waals surface area contributed by atoms with E-state index < -0.39 is 0 Å². The smallest absolute Gasteiger partial charge is 0.312 e. The Kier molecular flexibility index (Phi) is 2.81. The second-order valence-electron chi connectivity index (χ2n) is 5.58. The first-order chi connectivity index (χ1) is 9.09. The molecule has 2 aliphatic heterocycles. The van der Waals surface area contributed by atoms with Gasteiger partial charge in [-0.2, -0.15) is 0 Å². The number of amides is 3. The lowest BCUT2D eigenvalue weighted by Crippen LogP contribution is -2.41. The number of piperidine rings is 1. The molecule has 2 saturated heterocycles. The highest BCUT2D eigenvalue weighted by Crippen LogP contribution is 2.33. The largest absolute Gasteiger partial charge is 0.332 e. The molecule has 1 aromatic rings. The number of anilines is 1. The summed E-state index contributed by atoms with van der Waals surface area (Å²) in [5, 5.41) is 0. The van der Waals surface area contributed by atoms with Crippen LogP contribution in [0, 0.1) is 12.8 Å². The van der Waals surface area contributed by atoms with Crippen molar-refractivity contribution in [1.29, 1.82) is 0 Å². The molecule has 1 aromatic carbocycles. The maximum Gasteiger partial charge on any atom is 0.332 e. The van der Waals surface area contributed by atoms with Crippen LogP contribution in [0.15, 0.2) is 24.3 Å². The highest BCUT2D eigenvalue weighted by atomic mass is 16.2. The molecular formula is C15H18N2O2. The van der Waals surface area contributed by atoms with Crippen molar-refractivity contribution in [3.05, 3.63) is 29.8 Å². The number of fused-ring (bicyclic) bond motifs is 1. The lowest BCUT2D eigenvalue weighted by molar-refractivity contribution is -0.120. The highest BCUT2D eigenvalue weighted by molar-refractivity contribution is 6.21. The predicted octanol–water partition coefficient (Wildman–Crippen LogP) is 2.56. The molecule has 0 aromatic heterocycles. The van der Waals surface area contributed by atoms with Gasteiger partial charge in [-0.25, -0.2) is 9.69 Å². The van der Waals surface area contributed by atoms with Crippen LogP contribution in [-0.2, 0) is 4.79 Å². The summed E-state index contributed by atoms with van der Waals surface area (Å²) >= 11 is 0. The van der Waals surface area contributed by atoms with Crippen molar-refractivity contribution in [2.75, 3.05) is 11.4 Å². The van der Waals surface area contributed by atoms with Gasteiger partial charge in [0.2, 0.25) is 0 Å². The Labute approximate surface area is 113 Å². The van der Waals surface area contributed by atoms with Crippen LogP contribution in [0.25, 0.3) is 0 Å². The van der Waals surface area contributed by atoms with E-state index in [2.05, 4.69) is 6.92 Å². The van der Waals surface area contributed by atoms with Crippen LogP contribution in [0.1, 0.15) is 25.3 Å². The molecule has 0 bridgehead atoms. The Balaban J connectivity index is 1.98. The quantitative estimate of drug-likeness (QED) is 0.726. The number of benzene rings is 1. The Morgan fingerprint density at radius 2 is 1.95 bits per heavy atom. The zero-order valence-corrected chi connectivity index (χ0v) is 11.3. The molecule has 0 spiro atoms. The first-order valence-electron chi connectivity index (χ1n) is 6.80. The summed E-state index contributed by atoms with van der Waals surface area (Å²) in [5.74, 6) is 0.445. The molecule has 0 unspecified atom stereocenters. The van der Waals surface area contributed by atoms with Crippen molar-refractivity contribution in [3.8, 4) is 0 Å². The fourth-order valence-corrected chi connectivity index (χ4v) is 3.01. The van der Waals surface area contributed by atoms with E-state index in [1.807, 2.05) is 31.2 Å². The number of rotatable bonds is 1. The standard InChI is InChI=1S/C15H18N2O2/c1-10-7-8-16-13(9-10)14(18)17(15(16)19)12-6-4-3-5-11(12)2/h3-6,10,13H,7-9H2,1-2H3/t10-,13-/m0/s1. The summed E-state index contributed by atoms with van der Waals surface area (Å²) in [4.78, 5) is 28.0. The zero-order chi connectivity index (χ0) is 13.6. The van der Waals surface area contributed by atoms with Crippen LogP contribution < -0.4 is 4.90 Å². The van der Waals surface area contributed by atoms with Crippen molar-refractivity contribution in [2.24, 2.45) is 5.92 Å². The van der Waals surface area contributed by atoms with Gasteiger partial charge in [0.15, 0.2) is 0 Å². The van der Waals surface area contributed by atoms with E-state index in [-0.39, 0.29) is 18.0 Å². The van der Waals surface area contributed by atoms with E-state index >= 15 is 0 Å². The fraction of sp³-hybridized carbons (Fsp3) is 0.467. The summed E-state index contributed by atoms with van der Waals surface area (Å²) < 4.78 is 0. The predicted molar refractivity (Wildman–Crippen MR) is 73.0 cm³/mol. The number of nitrogens with zero attached hydrogens (tertiary/aromatic N) is 2. The van der Waals surface area contributed by atoms with Crippen LogP contribution in [0.2, 0.25) is 0 Å². The van der Waals surface area contributed by atoms with Crippen LogP contribution in [0.5, 0.6) is 0 Å². The summed E-state index contributed by atoms with van der Waals surface area (Å²) in [6.07, 6.45) is 1.77. The van der Waals surface area contributed by atoms with Crippen LogP contribution >= 0.6 is 0 Å². The summed E-state index contributed by atoms with van der Waals surface area (Å²) in [5.41, 5.74) is 1.68. The van der Waals surface area contributed by atoms with Crippen LogP contribution in [-0.4, -0.2) is 29.4 Å². The summed E-state index contributed by atoms with van der Waals surface area (Å²) in [6.45, 7) is 4.76. The average Bonchev–Trinajstić information content (AvgIpc) is 2.63. The Bertz CT molecular complexity index is 541. The van der Waals surface area contributed by atoms with Crippen LogP contribution in [0.3, 0.4) is 0 Å². The number of para-hydroxylation sites is 1.